The summed E-state index contributed by atoms with van der Waals surface area (Å²) >= 11 is 6.08. The molecule has 0 saturated carbocycles. The molecule has 1 aliphatic rings. The van der Waals surface area contributed by atoms with Gasteiger partial charge in [-0.25, -0.2) is 4.98 Å². The van der Waals surface area contributed by atoms with Gasteiger partial charge in [-0.05, 0) is 12.1 Å². The van der Waals surface area contributed by atoms with Crippen LogP contribution in [0.3, 0.4) is 0 Å². The number of pyridine rings is 1. The molecule has 1 saturated heterocycles. The van der Waals surface area contributed by atoms with Gasteiger partial charge in [-0.15, -0.1) is 0 Å². The van der Waals surface area contributed by atoms with E-state index in [1.807, 2.05) is 6.07 Å². The largest absolute Gasteiger partial charge is 0.378 e. The standard InChI is InChI=1S/C12H16ClN3O2/c1-9(17)15(2)11-7-10(13)8-12(14-11)16-3-5-18-6-4-16/h7-8H,3-6H2,1-2H3. The van der Waals surface area contributed by atoms with Crippen molar-refractivity contribution in [3.8, 4) is 0 Å². The fraction of sp³-hybridized carbons (Fsp3) is 0.500. The second kappa shape index (κ2) is 5.54. The monoisotopic (exact) mass is 269 g/mol. The van der Waals surface area contributed by atoms with Gasteiger partial charge in [0.1, 0.15) is 11.6 Å². The van der Waals surface area contributed by atoms with Crippen molar-refractivity contribution in [1.82, 2.24) is 4.98 Å². The Morgan fingerprint density at radius 2 is 2.11 bits per heavy atom. The van der Waals surface area contributed by atoms with E-state index in [0.29, 0.717) is 24.1 Å². The summed E-state index contributed by atoms with van der Waals surface area (Å²) in [5.74, 6) is 1.28. The Kier molecular flexibility index (Phi) is 4.04. The van der Waals surface area contributed by atoms with Crippen LogP contribution in [0.25, 0.3) is 0 Å². The quantitative estimate of drug-likeness (QED) is 0.817. The van der Waals surface area contributed by atoms with Crippen molar-refractivity contribution in [3.63, 3.8) is 0 Å². The topological polar surface area (TPSA) is 45.7 Å². The van der Waals surface area contributed by atoms with Crippen LogP contribution in [0.2, 0.25) is 5.02 Å². The fourth-order valence-electron chi connectivity index (χ4n) is 1.76. The van der Waals surface area contributed by atoms with Crippen LogP contribution in [0.15, 0.2) is 12.1 Å². The lowest BCUT2D eigenvalue weighted by Gasteiger charge is -2.28. The number of amides is 1. The van der Waals surface area contributed by atoms with Gasteiger partial charge in [0, 0.05) is 32.1 Å². The van der Waals surface area contributed by atoms with Crippen LogP contribution in [0.1, 0.15) is 6.92 Å². The van der Waals surface area contributed by atoms with E-state index in [2.05, 4.69) is 9.88 Å². The highest BCUT2D eigenvalue weighted by atomic mass is 35.5. The highest BCUT2D eigenvalue weighted by molar-refractivity contribution is 6.31. The van der Waals surface area contributed by atoms with E-state index >= 15 is 0 Å². The maximum absolute atomic E-state index is 11.4. The lowest BCUT2D eigenvalue weighted by atomic mass is 10.3. The lowest BCUT2D eigenvalue weighted by molar-refractivity contribution is -0.116. The molecule has 2 heterocycles. The molecule has 0 radical (unpaired) electrons. The van der Waals surface area contributed by atoms with E-state index in [1.165, 1.54) is 11.8 Å². The fourth-order valence-corrected chi connectivity index (χ4v) is 1.95. The second-order valence-electron chi connectivity index (χ2n) is 4.18. The molecule has 6 heteroatoms. The number of rotatable bonds is 2. The Balaban J connectivity index is 2.28. The summed E-state index contributed by atoms with van der Waals surface area (Å²) in [5.41, 5.74) is 0. The summed E-state index contributed by atoms with van der Waals surface area (Å²) in [4.78, 5) is 19.4. The third kappa shape index (κ3) is 2.91. The molecular formula is C12H16ClN3O2. The number of nitrogens with zero attached hydrogens (tertiary/aromatic N) is 3. The summed E-state index contributed by atoms with van der Waals surface area (Å²) in [5, 5.41) is 0.578. The number of halogens is 1. The maximum atomic E-state index is 11.4. The second-order valence-corrected chi connectivity index (χ2v) is 4.62. The van der Waals surface area contributed by atoms with E-state index in [1.54, 1.807) is 13.1 Å². The molecule has 0 unspecified atom stereocenters. The van der Waals surface area contributed by atoms with E-state index in [0.717, 1.165) is 18.9 Å². The summed E-state index contributed by atoms with van der Waals surface area (Å²) in [6.07, 6.45) is 0. The molecule has 98 valence electrons. The number of anilines is 2. The molecule has 0 atom stereocenters. The van der Waals surface area contributed by atoms with Gasteiger partial charge in [0.2, 0.25) is 5.91 Å². The predicted molar refractivity (Wildman–Crippen MR) is 71.4 cm³/mol. The molecular weight excluding hydrogens is 254 g/mol. The summed E-state index contributed by atoms with van der Waals surface area (Å²) in [7, 11) is 1.68. The first kappa shape index (κ1) is 13.1. The van der Waals surface area contributed by atoms with E-state index < -0.39 is 0 Å². The van der Waals surface area contributed by atoms with E-state index in [9.17, 15) is 4.79 Å². The molecule has 0 N–H and O–H groups in total. The van der Waals surface area contributed by atoms with Crippen LogP contribution in [-0.4, -0.2) is 44.2 Å². The Labute approximate surface area is 111 Å². The molecule has 0 aliphatic carbocycles. The first-order valence-corrected chi connectivity index (χ1v) is 6.20. The highest BCUT2D eigenvalue weighted by Gasteiger charge is 2.16. The molecule has 0 spiro atoms. The SMILES string of the molecule is CC(=O)N(C)c1cc(Cl)cc(N2CCOCC2)n1. The third-order valence-electron chi connectivity index (χ3n) is 2.91. The molecule has 1 aromatic rings. The average Bonchev–Trinajstić information content (AvgIpc) is 2.38. The van der Waals surface area contributed by atoms with Gasteiger partial charge < -0.3 is 14.5 Å². The van der Waals surface area contributed by atoms with Gasteiger partial charge in [0.15, 0.2) is 0 Å². The molecule has 2 rings (SSSR count). The van der Waals surface area contributed by atoms with Crippen molar-refractivity contribution >= 4 is 29.1 Å². The average molecular weight is 270 g/mol. The summed E-state index contributed by atoms with van der Waals surface area (Å²) in [6, 6.07) is 3.50. The van der Waals surface area contributed by atoms with Gasteiger partial charge in [-0.3, -0.25) is 4.79 Å². The van der Waals surface area contributed by atoms with Crippen molar-refractivity contribution in [2.24, 2.45) is 0 Å². The summed E-state index contributed by atoms with van der Waals surface area (Å²) in [6.45, 7) is 4.45. The molecule has 5 nitrogen and oxygen atoms in total. The van der Waals surface area contributed by atoms with E-state index in [4.69, 9.17) is 16.3 Å². The molecule has 1 fully saturated rings. The molecule has 1 aliphatic heterocycles. The molecule has 1 aromatic heterocycles. The Bertz CT molecular complexity index is 447. The zero-order valence-corrected chi connectivity index (χ0v) is 11.3. The van der Waals surface area contributed by atoms with Gasteiger partial charge in [0.25, 0.3) is 0 Å². The normalized spacial score (nSPS) is 15.6. The Morgan fingerprint density at radius 1 is 1.44 bits per heavy atom. The molecule has 0 bridgehead atoms. The van der Waals surface area contributed by atoms with Crippen molar-refractivity contribution in [2.75, 3.05) is 43.2 Å². The first-order chi connectivity index (χ1) is 8.58. The molecule has 1 amide bonds. The number of carbonyl (C=O) groups excluding carboxylic acids is 1. The van der Waals surface area contributed by atoms with Crippen molar-refractivity contribution in [3.05, 3.63) is 17.2 Å². The minimum Gasteiger partial charge on any atom is -0.378 e. The molecule has 18 heavy (non-hydrogen) atoms. The predicted octanol–water partition coefficient (Wildman–Crippen LogP) is 1.55. The molecule has 0 aromatic carbocycles. The summed E-state index contributed by atoms with van der Waals surface area (Å²) < 4.78 is 5.30. The van der Waals surface area contributed by atoms with Gasteiger partial charge >= 0.3 is 0 Å². The minimum atomic E-state index is -0.0716. The van der Waals surface area contributed by atoms with Crippen molar-refractivity contribution < 1.29 is 9.53 Å². The zero-order chi connectivity index (χ0) is 13.1. The number of hydrogen-bond acceptors (Lipinski definition) is 4. The third-order valence-corrected chi connectivity index (χ3v) is 3.13. The van der Waals surface area contributed by atoms with Crippen molar-refractivity contribution in [2.45, 2.75) is 6.92 Å². The van der Waals surface area contributed by atoms with Crippen LogP contribution in [-0.2, 0) is 9.53 Å². The highest BCUT2D eigenvalue weighted by Crippen LogP contribution is 2.24. The minimum absolute atomic E-state index is 0.0716. The number of carbonyl (C=O) groups is 1. The van der Waals surface area contributed by atoms with Gasteiger partial charge in [-0.1, -0.05) is 11.6 Å². The van der Waals surface area contributed by atoms with Crippen LogP contribution in [0.5, 0.6) is 0 Å². The lowest BCUT2D eigenvalue weighted by Crippen LogP contribution is -2.37. The van der Waals surface area contributed by atoms with Crippen LogP contribution < -0.4 is 9.80 Å². The maximum Gasteiger partial charge on any atom is 0.224 e. The number of ether oxygens (including phenoxy) is 1. The van der Waals surface area contributed by atoms with Crippen LogP contribution in [0, 0.1) is 0 Å². The van der Waals surface area contributed by atoms with Crippen molar-refractivity contribution in [1.29, 1.82) is 0 Å². The van der Waals surface area contributed by atoms with E-state index in [-0.39, 0.29) is 5.91 Å². The number of aromatic nitrogens is 1. The Morgan fingerprint density at radius 3 is 2.72 bits per heavy atom. The number of morpholine rings is 1. The smallest absolute Gasteiger partial charge is 0.224 e. The van der Waals surface area contributed by atoms with Crippen LogP contribution >= 0.6 is 11.6 Å². The first-order valence-electron chi connectivity index (χ1n) is 5.82. The zero-order valence-electron chi connectivity index (χ0n) is 10.5. The van der Waals surface area contributed by atoms with Gasteiger partial charge in [-0.2, -0.15) is 0 Å². The number of hydrogen-bond donors (Lipinski definition) is 0. The van der Waals surface area contributed by atoms with Crippen LogP contribution in [0.4, 0.5) is 11.6 Å². The Hall–Kier alpha value is -1.33. The van der Waals surface area contributed by atoms with Gasteiger partial charge in [0.05, 0.1) is 13.2 Å².